The van der Waals surface area contributed by atoms with Crippen LogP contribution in [-0.4, -0.2) is 23.3 Å². The van der Waals surface area contributed by atoms with Gasteiger partial charge in [0.1, 0.15) is 5.82 Å². The number of carbonyl (C=O) groups excluding carboxylic acids is 2. The lowest BCUT2D eigenvalue weighted by Crippen LogP contribution is -2.18. The van der Waals surface area contributed by atoms with Crippen LogP contribution in [0.2, 0.25) is 0 Å². The molecule has 0 aliphatic heterocycles. The van der Waals surface area contributed by atoms with E-state index in [1.165, 1.54) is 24.3 Å². The summed E-state index contributed by atoms with van der Waals surface area (Å²) in [7, 11) is 0. The van der Waals surface area contributed by atoms with E-state index >= 15 is 0 Å². The van der Waals surface area contributed by atoms with Crippen molar-refractivity contribution in [1.82, 2.24) is 4.98 Å². The Bertz CT molecular complexity index is 641. The SMILES string of the molecule is CCOC(=O)CC(C(=O)c1ccc(F)cc1)c1ccncc1. The van der Waals surface area contributed by atoms with Gasteiger partial charge in [0.2, 0.25) is 0 Å². The maximum absolute atomic E-state index is 13.0. The second-order valence-electron chi connectivity index (χ2n) is 4.71. The normalized spacial score (nSPS) is 11.7. The van der Waals surface area contributed by atoms with Crippen LogP contribution in [0.5, 0.6) is 0 Å². The first-order valence-corrected chi connectivity index (χ1v) is 6.97. The number of rotatable bonds is 6. The first-order chi connectivity index (χ1) is 10.6. The Morgan fingerprint density at radius 2 is 1.77 bits per heavy atom. The Morgan fingerprint density at radius 3 is 2.36 bits per heavy atom. The van der Waals surface area contributed by atoms with E-state index < -0.39 is 17.7 Å². The van der Waals surface area contributed by atoms with E-state index in [2.05, 4.69) is 4.98 Å². The number of ketones is 1. The summed E-state index contributed by atoms with van der Waals surface area (Å²) in [6, 6.07) is 8.65. The number of carbonyl (C=O) groups is 2. The van der Waals surface area contributed by atoms with Crippen molar-refractivity contribution >= 4 is 11.8 Å². The molecule has 2 rings (SSSR count). The number of ether oxygens (including phenoxy) is 1. The second-order valence-corrected chi connectivity index (χ2v) is 4.71. The van der Waals surface area contributed by atoms with Gasteiger partial charge in [0.05, 0.1) is 18.9 Å². The number of pyridine rings is 1. The van der Waals surface area contributed by atoms with Gasteiger partial charge >= 0.3 is 5.97 Å². The molecule has 22 heavy (non-hydrogen) atoms. The Kier molecular flexibility index (Phi) is 5.36. The van der Waals surface area contributed by atoms with E-state index in [-0.39, 0.29) is 18.8 Å². The van der Waals surface area contributed by atoms with E-state index in [4.69, 9.17) is 4.74 Å². The van der Waals surface area contributed by atoms with Crippen molar-refractivity contribution in [2.45, 2.75) is 19.3 Å². The van der Waals surface area contributed by atoms with Crippen LogP contribution >= 0.6 is 0 Å². The Hall–Kier alpha value is -2.56. The number of Topliss-reactive ketones (excluding diaryl/α,β-unsaturated/α-hetero) is 1. The zero-order chi connectivity index (χ0) is 15.9. The van der Waals surface area contributed by atoms with Crippen molar-refractivity contribution in [3.05, 3.63) is 65.7 Å². The van der Waals surface area contributed by atoms with Crippen LogP contribution in [0.3, 0.4) is 0 Å². The lowest BCUT2D eigenvalue weighted by atomic mass is 9.88. The number of halogens is 1. The third-order valence-corrected chi connectivity index (χ3v) is 3.23. The topological polar surface area (TPSA) is 56.3 Å². The summed E-state index contributed by atoms with van der Waals surface area (Å²) in [6.07, 6.45) is 3.06. The van der Waals surface area contributed by atoms with Gasteiger partial charge in [-0.2, -0.15) is 0 Å². The summed E-state index contributed by atoms with van der Waals surface area (Å²) < 4.78 is 17.9. The molecule has 0 spiro atoms. The second kappa shape index (κ2) is 7.45. The minimum Gasteiger partial charge on any atom is -0.466 e. The highest BCUT2D eigenvalue weighted by Crippen LogP contribution is 2.25. The molecule has 1 aromatic heterocycles. The van der Waals surface area contributed by atoms with E-state index in [9.17, 15) is 14.0 Å². The zero-order valence-electron chi connectivity index (χ0n) is 12.2. The highest BCUT2D eigenvalue weighted by Gasteiger charge is 2.25. The summed E-state index contributed by atoms with van der Waals surface area (Å²) in [6.45, 7) is 1.97. The molecule has 0 bridgehead atoms. The Morgan fingerprint density at radius 1 is 1.14 bits per heavy atom. The third-order valence-electron chi connectivity index (χ3n) is 3.23. The fourth-order valence-electron chi connectivity index (χ4n) is 2.16. The largest absolute Gasteiger partial charge is 0.466 e. The van der Waals surface area contributed by atoms with Crippen molar-refractivity contribution in [1.29, 1.82) is 0 Å². The summed E-state index contributed by atoms with van der Waals surface area (Å²) >= 11 is 0. The Balaban J connectivity index is 2.29. The molecule has 0 saturated heterocycles. The molecule has 114 valence electrons. The van der Waals surface area contributed by atoms with Gasteiger partial charge in [0.15, 0.2) is 5.78 Å². The number of esters is 1. The summed E-state index contributed by atoms with van der Waals surface area (Å²) in [5, 5.41) is 0. The summed E-state index contributed by atoms with van der Waals surface area (Å²) in [4.78, 5) is 28.3. The van der Waals surface area contributed by atoms with Crippen LogP contribution in [0.25, 0.3) is 0 Å². The highest BCUT2D eigenvalue weighted by molar-refractivity contribution is 6.02. The fraction of sp³-hybridized carbons (Fsp3) is 0.235. The predicted octanol–water partition coefficient (Wildman–Crippen LogP) is 3.14. The fourth-order valence-corrected chi connectivity index (χ4v) is 2.16. The molecule has 4 nitrogen and oxygen atoms in total. The van der Waals surface area contributed by atoms with Gasteiger partial charge in [-0.15, -0.1) is 0 Å². The van der Waals surface area contributed by atoms with E-state index in [1.807, 2.05) is 0 Å². The summed E-state index contributed by atoms with van der Waals surface area (Å²) in [5.74, 6) is -1.78. The van der Waals surface area contributed by atoms with E-state index in [0.717, 1.165) is 0 Å². The zero-order valence-corrected chi connectivity index (χ0v) is 12.2. The molecular weight excluding hydrogens is 285 g/mol. The van der Waals surface area contributed by atoms with Gasteiger partial charge in [0, 0.05) is 18.0 Å². The number of aromatic nitrogens is 1. The van der Waals surface area contributed by atoms with Gasteiger partial charge in [-0.3, -0.25) is 14.6 Å². The maximum atomic E-state index is 13.0. The number of hydrogen-bond donors (Lipinski definition) is 0. The summed E-state index contributed by atoms with van der Waals surface area (Å²) in [5.41, 5.74) is 1.03. The lowest BCUT2D eigenvalue weighted by molar-refractivity contribution is -0.143. The van der Waals surface area contributed by atoms with Crippen LogP contribution in [0.1, 0.15) is 35.2 Å². The molecule has 5 heteroatoms. The molecule has 0 amide bonds. The van der Waals surface area contributed by atoms with Crippen molar-refractivity contribution in [2.75, 3.05) is 6.61 Å². The monoisotopic (exact) mass is 301 g/mol. The van der Waals surface area contributed by atoms with Gasteiger partial charge in [-0.1, -0.05) is 0 Å². The van der Waals surface area contributed by atoms with Crippen molar-refractivity contribution in [2.24, 2.45) is 0 Å². The Labute approximate surface area is 127 Å². The molecule has 2 aromatic rings. The predicted molar refractivity (Wildman–Crippen MR) is 79.0 cm³/mol. The van der Waals surface area contributed by atoms with Crippen LogP contribution < -0.4 is 0 Å². The van der Waals surface area contributed by atoms with Crippen LogP contribution in [0.15, 0.2) is 48.8 Å². The number of benzene rings is 1. The minimum atomic E-state index is -0.674. The molecular formula is C17H16FNO3. The average molecular weight is 301 g/mol. The van der Waals surface area contributed by atoms with Gasteiger partial charge in [-0.05, 0) is 48.9 Å². The molecule has 0 saturated carbocycles. The molecule has 0 aliphatic carbocycles. The van der Waals surface area contributed by atoms with Crippen LogP contribution in [0, 0.1) is 5.82 Å². The quantitative estimate of drug-likeness (QED) is 0.607. The van der Waals surface area contributed by atoms with Gasteiger partial charge in [-0.25, -0.2) is 4.39 Å². The van der Waals surface area contributed by atoms with E-state index in [0.29, 0.717) is 11.1 Å². The van der Waals surface area contributed by atoms with Gasteiger partial charge < -0.3 is 4.74 Å². The molecule has 0 N–H and O–H groups in total. The maximum Gasteiger partial charge on any atom is 0.306 e. The van der Waals surface area contributed by atoms with Crippen molar-refractivity contribution < 1.29 is 18.7 Å². The molecule has 1 unspecified atom stereocenters. The van der Waals surface area contributed by atoms with Gasteiger partial charge in [0.25, 0.3) is 0 Å². The molecule has 1 atom stereocenters. The van der Waals surface area contributed by atoms with Crippen LogP contribution in [-0.2, 0) is 9.53 Å². The highest BCUT2D eigenvalue weighted by atomic mass is 19.1. The lowest BCUT2D eigenvalue weighted by Gasteiger charge is -2.15. The first kappa shape index (κ1) is 15.8. The van der Waals surface area contributed by atoms with Crippen LogP contribution in [0.4, 0.5) is 4.39 Å². The molecule has 0 radical (unpaired) electrons. The van der Waals surface area contributed by atoms with Crippen molar-refractivity contribution in [3.8, 4) is 0 Å². The van der Waals surface area contributed by atoms with E-state index in [1.54, 1.807) is 31.5 Å². The smallest absolute Gasteiger partial charge is 0.306 e. The average Bonchev–Trinajstić information content (AvgIpc) is 2.54. The molecule has 0 fully saturated rings. The number of nitrogens with zero attached hydrogens (tertiary/aromatic N) is 1. The molecule has 1 heterocycles. The third kappa shape index (κ3) is 3.97. The standard InChI is InChI=1S/C17H16FNO3/c1-2-22-16(20)11-15(12-7-9-19-10-8-12)17(21)13-3-5-14(18)6-4-13/h3-10,15H,2,11H2,1H3. The first-order valence-electron chi connectivity index (χ1n) is 6.97. The van der Waals surface area contributed by atoms with Crippen molar-refractivity contribution in [3.63, 3.8) is 0 Å². The molecule has 1 aromatic carbocycles. The minimum absolute atomic E-state index is 0.0614. The number of hydrogen-bond acceptors (Lipinski definition) is 4. The molecule has 0 aliphatic rings.